The van der Waals surface area contributed by atoms with Crippen LogP contribution in [-0.2, 0) is 42.3 Å². The number of ether oxygens (including phenoxy) is 2. The van der Waals surface area contributed by atoms with Crippen molar-refractivity contribution in [1.29, 1.82) is 0 Å². The summed E-state index contributed by atoms with van der Waals surface area (Å²) in [5.74, 6) is 3.69. The molecule has 0 saturated heterocycles. The van der Waals surface area contributed by atoms with Gasteiger partial charge < -0.3 is 9.47 Å². The zero-order valence-electron chi connectivity index (χ0n) is 17.6. The van der Waals surface area contributed by atoms with Crippen LogP contribution in [0.3, 0.4) is 0 Å². The lowest BCUT2D eigenvalue weighted by Crippen LogP contribution is -2.35. The second kappa shape index (κ2) is 10.8. The van der Waals surface area contributed by atoms with E-state index in [0.29, 0.717) is 26.7 Å². The van der Waals surface area contributed by atoms with Crippen LogP contribution in [0.5, 0.6) is 5.75 Å². The fourth-order valence-electron chi connectivity index (χ4n) is 2.88. The number of esters is 1. The topological polar surface area (TPSA) is 90.0 Å². The van der Waals surface area contributed by atoms with Crippen molar-refractivity contribution >= 4 is 80.7 Å². The number of hydrogen-bond donors (Lipinski definition) is 0. The summed E-state index contributed by atoms with van der Waals surface area (Å²) in [6.07, 6.45) is 2.92. The van der Waals surface area contributed by atoms with E-state index in [0.717, 1.165) is 15.5 Å². The van der Waals surface area contributed by atoms with Gasteiger partial charge in [0.1, 0.15) is 12.4 Å². The predicted octanol–water partition coefficient (Wildman–Crippen LogP) is 4.58. The van der Waals surface area contributed by atoms with Gasteiger partial charge in [-0.05, 0) is 67.9 Å². The minimum atomic E-state index is -3.89. The van der Waals surface area contributed by atoms with E-state index in [1.165, 1.54) is 19.4 Å². The van der Waals surface area contributed by atoms with Crippen LogP contribution in [0.15, 0.2) is 39.3 Å². The Morgan fingerprint density at radius 3 is 2.25 bits per heavy atom. The van der Waals surface area contributed by atoms with E-state index in [1.54, 1.807) is 12.1 Å². The number of nitrogens with zero attached hydrogens (tertiary/aromatic N) is 1. The molecule has 0 spiro atoms. The maximum absolute atomic E-state index is 12.5. The fourth-order valence-corrected chi connectivity index (χ4v) is 8.13. The minimum absolute atomic E-state index is 0.0189. The van der Waals surface area contributed by atoms with E-state index in [4.69, 9.17) is 16.3 Å². The van der Waals surface area contributed by atoms with Gasteiger partial charge in [0.25, 0.3) is 0 Å². The smallest absolute Gasteiger partial charge is 0.305 e. The molecule has 176 valence electrons. The molecule has 0 saturated carbocycles. The highest BCUT2D eigenvalue weighted by Gasteiger charge is 2.26. The molecule has 0 aliphatic heterocycles. The van der Waals surface area contributed by atoms with Gasteiger partial charge in [-0.2, -0.15) is 3.71 Å². The van der Waals surface area contributed by atoms with Crippen LogP contribution in [0.25, 0.3) is 0 Å². The Balaban J connectivity index is 2.30. The van der Waals surface area contributed by atoms with Gasteiger partial charge in [-0.25, -0.2) is 12.6 Å². The summed E-state index contributed by atoms with van der Waals surface area (Å²) in [5.41, 5.74) is 1.46. The van der Waals surface area contributed by atoms with Crippen LogP contribution in [0.1, 0.15) is 17.5 Å². The van der Waals surface area contributed by atoms with Crippen molar-refractivity contribution in [3.8, 4) is 5.75 Å². The maximum atomic E-state index is 12.5. The van der Waals surface area contributed by atoms with Gasteiger partial charge in [0, 0.05) is 18.2 Å². The first kappa shape index (κ1) is 27.0. The Labute approximate surface area is 210 Å². The molecule has 32 heavy (non-hydrogen) atoms. The standard InChI is InChI=1S/C20H22Br2ClNO6S2/c1-29-18(25)9-8-13-10-15(21)20(16(22)11-13)30-12-14-6-5-7-17(19(14)23)24(31(2,3)26)32(4,27)28/h5-7,10-11H,2,8-9,12H2,1,3-4H3. The summed E-state index contributed by atoms with van der Waals surface area (Å²) in [6, 6.07) is 8.41. The lowest BCUT2D eigenvalue weighted by molar-refractivity contribution is -0.140. The second-order valence-electron chi connectivity index (χ2n) is 6.95. The summed E-state index contributed by atoms with van der Waals surface area (Å²) in [6.45, 7) is 0.0189. The predicted molar refractivity (Wildman–Crippen MR) is 136 cm³/mol. The number of carbonyl (C=O) groups is 1. The molecule has 0 fully saturated rings. The lowest BCUT2D eigenvalue weighted by atomic mass is 10.1. The van der Waals surface area contributed by atoms with Gasteiger partial charge in [-0.1, -0.05) is 23.7 Å². The van der Waals surface area contributed by atoms with E-state index in [1.807, 2.05) is 12.1 Å². The number of aryl methyl sites for hydroxylation is 1. The molecular weight excluding hydrogens is 610 g/mol. The number of carbonyl (C=O) groups excluding carboxylic acids is 1. The first-order chi connectivity index (χ1) is 14.8. The zero-order chi connectivity index (χ0) is 24.3. The summed E-state index contributed by atoms with van der Waals surface area (Å²) in [4.78, 5) is 11.4. The molecule has 2 aromatic rings. The Bertz CT molecular complexity index is 1180. The van der Waals surface area contributed by atoms with Crippen LogP contribution in [0.4, 0.5) is 5.69 Å². The van der Waals surface area contributed by atoms with Crippen molar-refractivity contribution in [3.63, 3.8) is 0 Å². The van der Waals surface area contributed by atoms with Gasteiger partial charge in [0.15, 0.2) is 0 Å². The third-order valence-electron chi connectivity index (χ3n) is 4.18. The van der Waals surface area contributed by atoms with Gasteiger partial charge in [-0.15, -0.1) is 0 Å². The SMILES string of the molecule is C=S(C)(=O)N(c1cccc(COc2c(Br)cc(CCC(=O)OC)cc2Br)c1Cl)S(C)(=O)=O. The number of sulfonamides is 1. The molecule has 0 radical (unpaired) electrons. The summed E-state index contributed by atoms with van der Waals surface area (Å²) >= 11 is 13.4. The van der Waals surface area contributed by atoms with E-state index in [2.05, 4.69) is 42.5 Å². The van der Waals surface area contributed by atoms with E-state index < -0.39 is 19.7 Å². The lowest BCUT2D eigenvalue weighted by Gasteiger charge is -2.25. The summed E-state index contributed by atoms with van der Waals surface area (Å²) in [7, 11) is -5.69. The Morgan fingerprint density at radius 2 is 1.75 bits per heavy atom. The van der Waals surface area contributed by atoms with Crippen LogP contribution in [-0.4, -0.2) is 44.1 Å². The molecule has 0 aliphatic rings. The number of benzene rings is 2. The molecule has 0 N–H and O–H groups in total. The van der Waals surface area contributed by atoms with Crippen molar-refractivity contribution in [3.05, 3.63) is 55.4 Å². The Kier molecular flexibility index (Phi) is 9.08. The second-order valence-corrected chi connectivity index (χ2v) is 13.4. The van der Waals surface area contributed by atoms with E-state index in [-0.39, 0.29) is 29.7 Å². The number of hydrogen-bond acceptors (Lipinski definition) is 6. The van der Waals surface area contributed by atoms with Gasteiger partial charge in [0.05, 0.1) is 42.7 Å². The van der Waals surface area contributed by atoms with Gasteiger partial charge in [0.2, 0.25) is 10.0 Å². The summed E-state index contributed by atoms with van der Waals surface area (Å²) < 4.78 is 49.6. The normalized spacial score (nSPS) is 13.3. The molecule has 0 heterocycles. The van der Waals surface area contributed by atoms with E-state index >= 15 is 0 Å². The average Bonchev–Trinajstić information content (AvgIpc) is 2.65. The molecule has 1 unspecified atom stereocenters. The maximum Gasteiger partial charge on any atom is 0.305 e. The Hall–Kier alpha value is -1.27. The fraction of sp³-hybridized carbons (Fsp3) is 0.300. The average molecular weight is 632 g/mol. The number of halogens is 3. The molecule has 0 aliphatic carbocycles. The first-order valence-electron chi connectivity index (χ1n) is 9.03. The van der Waals surface area contributed by atoms with Crippen LogP contribution in [0.2, 0.25) is 5.02 Å². The van der Waals surface area contributed by atoms with Crippen molar-refractivity contribution < 1.29 is 26.9 Å². The van der Waals surface area contributed by atoms with Gasteiger partial charge >= 0.3 is 5.97 Å². The third kappa shape index (κ3) is 6.86. The van der Waals surface area contributed by atoms with Crippen LogP contribution >= 0.6 is 43.5 Å². The van der Waals surface area contributed by atoms with Crippen molar-refractivity contribution in [1.82, 2.24) is 0 Å². The van der Waals surface area contributed by atoms with Crippen molar-refractivity contribution in [2.75, 3.05) is 23.3 Å². The molecule has 7 nitrogen and oxygen atoms in total. The van der Waals surface area contributed by atoms with Crippen LogP contribution < -0.4 is 8.45 Å². The molecule has 0 amide bonds. The molecule has 0 aromatic heterocycles. The third-order valence-corrected chi connectivity index (χ3v) is 9.25. The molecule has 2 aromatic carbocycles. The van der Waals surface area contributed by atoms with Gasteiger partial charge in [-0.3, -0.25) is 4.79 Å². The quantitative estimate of drug-likeness (QED) is 0.298. The van der Waals surface area contributed by atoms with Crippen LogP contribution in [0, 0.1) is 0 Å². The molecule has 1 atom stereocenters. The highest BCUT2D eigenvalue weighted by molar-refractivity contribution is 9.11. The van der Waals surface area contributed by atoms with Crippen molar-refractivity contribution in [2.45, 2.75) is 19.4 Å². The number of rotatable bonds is 9. The molecule has 2 rings (SSSR count). The number of anilines is 1. The highest BCUT2D eigenvalue weighted by atomic mass is 79.9. The molecule has 0 bridgehead atoms. The number of methoxy groups -OCH3 is 1. The highest BCUT2D eigenvalue weighted by Crippen LogP contribution is 2.37. The summed E-state index contributed by atoms with van der Waals surface area (Å²) in [5, 5.41) is 0.0955. The molecule has 12 heteroatoms. The first-order valence-corrected chi connectivity index (χ1v) is 14.9. The minimum Gasteiger partial charge on any atom is -0.486 e. The molecular formula is C20H22Br2ClNO6S2. The largest absolute Gasteiger partial charge is 0.486 e. The monoisotopic (exact) mass is 629 g/mol. The zero-order valence-corrected chi connectivity index (χ0v) is 23.1. The Morgan fingerprint density at radius 1 is 1.16 bits per heavy atom. The van der Waals surface area contributed by atoms with Crippen molar-refractivity contribution in [2.24, 2.45) is 0 Å². The van der Waals surface area contributed by atoms with E-state index in [9.17, 15) is 17.4 Å².